The number of oxazole rings is 1. The van der Waals surface area contributed by atoms with Crippen molar-refractivity contribution < 1.29 is 28.3 Å². The highest BCUT2D eigenvalue weighted by molar-refractivity contribution is 5.91. The van der Waals surface area contributed by atoms with Crippen LogP contribution in [-0.4, -0.2) is 42.6 Å². The Hall–Kier alpha value is -3.94. The van der Waals surface area contributed by atoms with Crippen LogP contribution in [0.1, 0.15) is 21.8 Å². The number of carbonyl (C=O) groups is 3. The van der Waals surface area contributed by atoms with Crippen LogP contribution < -0.4 is 5.32 Å². The zero-order chi connectivity index (χ0) is 22.2. The molecule has 160 valence electrons. The molecule has 0 radical (unpaired) electrons. The molecule has 31 heavy (non-hydrogen) atoms. The average molecular weight is 422 g/mol. The van der Waals surface area contributed by atoms with Crippen LogP contribution in [0.2, 0.25) is 0 Å². The van der Waals surface area contributed by atoms with Crippen molar-refractivity contribution in [2.45, 2.75) is 19.4 Å². The van der Waals surface area contributed by atoms with E-state index in [1.54, 1.807) is 19.1 Å². The number of hydrogen-bond acceptors (Lipinski definition) is 7. The van der Waals surface area contributed by atoms with Crippen molar-refractivity contribution in [1.82, 2.24) is 10.3 Å². The van der Waals surface area contributed by atoms with E-state index in [0.717, 1.165) is 5.56 Å². The molecule has 8 nitrogen and oxygen atoms in total. The number of nitrogens with zero attached hydrogens (tertiary/aromatic N) is 1. The fraction of sp³-hybridized carbons (Fsp3) is 0.217. The number of methoxy groups -OCH3 is 1. The van der Waals surface area contributed by atoms with E-state index in [1.807, 2.05) is 48.5 Å². The third-order valence-electron chi connectivity index (χ3n) is 4.45. The molecular formula is C23H22N2O6. The van der Waals surface area contributed by atoms with Crippen LogP contribution in [0.25, 0.3) is 11.5 Å². The number of aryl methyl sites for hydroxylation is 1. The van der Waals surface area contributed by atoms with Crippen LogP contribution in [0.4, 0.5) is 0 Å². The van der Waals surface area contributed by atoms with Gasteiger partial charge in [-0.1, -0.05) is 48.5 Å². The minimum atomic E-state index is -0.905. The Morgan fingerprint density at radius 2 is 1.68 bits per heavy atom. The van der Waals surface area contributed by atoms with Crippen molar-refractivity contribution in [1.29, 1.82) is 0 Å². The van der Waals surface area contributed by atoms with Gasteiger partial charge in [-0.2, -0.15) is 0 Å². The van der Waals surface area contributed by atoms with Crippen LogP contribution >= 0.6 is 0 Å². The fourth-order valence-corrected chi connectivity index (χ4v) is 2.91. The van der Waals surface area contributed by atoms with Gasteiger partial charge in [-0.15, -0.1) is 0 Å². The topological polar surface area (TPSA) is 108 Å². The molecule has 0 aliphatic rings. The van der Waals surface area contributed by atoms with E-state index >= 15 is 0 Å². The number of benzene rings is 2. The molecule has 1 unspecified atom stereocenters. The van der Waals surface area contributed by atoms with E-state index in [2.05, 4.69) is 10.3 Å². The molecule has 1 N–H and O–H groups in total. The summed E-state index contributed by atoms with van der Waals surface area (Å²) in [5.74, 6) is -1.47. The Labute approximate surface area is 179 Å². The normalized spacial score (nSPS) is 11.4. The van der Waals surface area contributed by atoms with E-state index in [0.29, 0.717) is 5.56 Å². The van der Waals surface area contributed by atoms with Gasteiger partial charge in [0.15, 0.2) is 12.3 Å². The Kier molecular flexibility index (Phi) is 7.16. The highest BCUT2D eigenvalue weighted by Gasteiger charge is 2.24. The average Bonchev–Trinajstić information content (AvgIpc) is 3.19. The van der Waals surface area contributed by atoms with E-state index in [9.17, 15) is 14.4 Å². The molecule has 1 aromatic heterocycles. The van der Waals surface area contributed by atoms with Crippen LogP contribution in [0.5, 0.6) is 0 Å². The monoisotopic (exact) mass is 422 g/mol. The van der Waals surface area contributed by atoms with Crippen molar-refractivity contribution in [2.24, 2.45) is 0 Å². The number of nitrogens with one attached hydrogen (secondary N) is 1. The molecule has 0 aliphatic carbocycles. The van der Waals surface area contributed by atoms with Crippen molar-refractivity contribution in [3.8, 4) is 11.5 Å². The molecule has 0 saturated carbocycles. The van der Waals surface area contributed by atoms with Gasteiger partial charge in [0.2, 0.25) is 5.89 Å². The first-order valence-electron chi connectivity index (χ1n) is 9.59. The third kappa shape index (κ3) is 5.79. The lowest BCUT2D eigenvalue weighted by Gasteiger charge is -2.16. The molecule has 2 aromatic carbocycles. The predicted molar refractivity (Wildman–Crippen MR) is 111 cm³/mol. The van der Waals surface area contributed by atoms with Crippen LogP contribution in [0.15, 0.2) is 65.1 Å². The molecule has 0 spiro atoms. The Morgan fingerprint density at radius 1 is 1.03 bits per heavy atom. The molecule has 0 saturated heterocycles. The summed E-state index contributed by atoms with van der Waals surface area (Å²) in [4.78, 5) is 40.8. The van der Waals surface area contributed by atoms with Gasteiger partial charge in [-0.3, -0.25) is 4.79 Å². The summed E-state index contributed by atoms with van der Waals surface area (Å²) in [6.45, 7) is 1.01. The van der Waals surface area contributed by atoms with E-state index in [1.165, 1.54) is 7.11 Å². The summed E-state index contributed by atoms with van der Waals surface area (Å²) >= 11 is 0. The number of esters is 2. The molecule has 0 fully saturated rings. The van der Waals surface area contributed by atoms with Gasteiger partial charge >= 0.3 is 11.9 Å². The molecule has 0 bridgehead atoms. The van der Waals surface area contributed by atoms with Gasteiger partial charge in [0.25, 0.3) is 5.91 Å². The number of ether oxygens (including phenoxy) is 2. The zero-order valence-electron chi connectivity index (χ0n) is 17.2. The summed E-state index contributed by atoms with van der Waals surface area (Å²) in [7, 11) is 1.24. The molecule has 8 heteroatoms. The molecular weight excluding hydrogens is 400 g/mol. The van der Waals surface area contributed by atoms with Gasteiger partial charge in [0.05, 0.1) is 7.11 Å². The second-order valence-corrected chi connectivity index (χ2v) is 6.70. The Morgan fingerprint density at radius 3 is 2.32 bits per heavy atom. The van der Waals surface area contributed by atoms with Gasteiger partial charge in [-0.05, 0) is 24.6 Å². The number of amides is 1. The molecule has 1 heterocycles. The number of aromatic nitrogens is 1. The zero-order valence-corrected chi connectivity index (χ0v) is 17.2. The molecule has 1 amide bonds. The quantitative estimate of drug-likeness (QED) is 0.556. The first-order chi connectivity index (χ1) is 15.0. The third-order valence-corrected chi connectivity index (χ3v) is 4.45. The van der Waals surface area contributed by atoms with E-state index < -0.39 is 30.5 Å². The first kappa shape index (κ1) is 21.8. The van der Waals surface area contributed by atoms with Gasteiger partial charge in [0, 0.05) is 12.0 Å². The Balaban J connectivity index is 1.59. The molecule has 0 aliphatic heterocycles. The molecule has 1 atom stereocenters. The molecule has 3 rings (SSSR count). The van der Waals surface area contributed by atoms with Crippen LogP contribution in [-0.2, 0) is 25.5 Å². The largest absolute Gasteiger partial charge is 0.467 e. The smallest absolute Gasteiger partial charge is 0.361 e. The summed E-state index contributed by atoms with van der Waals surface area (Å²) in [6.07, 6.45) is 0.246. The SMILES string of the molecule is COC(=O)C(Cc1ccccc1)NC(=O)COC(=O)c1nc(-c2ccccc2)oc1C. The highest BCUT2D eigenvalue weighted by Crippen LogP contribution is 2.21. The lowest BCUT2D eigenvalue weighted by Crippen LogP contribution is -2.44. The maximum Gasteiger partial charge on any atom is 0.361 e. The minimum Gasteiger partial charge on any atom is -0.467 e. The standard InChI is InChI=1S/C23H22N2O6/c1-15-20(25-21(31-15)17-11-7-4-8-12-17)23(28)30-14-19(26)24-18(22(27)29-2)13-16-9-5-3-6-10-16/h3-12,18H,13-14H2,1-2H3,(H,24,26). The van der Waals surface area contributed by atoms with Crippen LogP contribution in [0.3, 0.4) is 0 Å². The second-order valence-electron chi connectivity index (χ2n) is 6.70. The lowest BCUT2D eigenvalue weighted by molar-refractivity contribution is -0.145. The number of rotatable bonds is 8. The fourth-order valence-electron chi connectivity index (χ4n) is 2.91. The number of carbonyl (C=O) groups excluding carboxylic acids is 3. The van der Waals surface area contributed by atoms with Gasteiger partial charge in [0.1, 0.15) is 11.8 Å². The van der Waals surface area contributed by atoms with Crippen molar-refractivity contribution in [2.75, 3.05) is 13.7 Å². The predicted octanol–water partition coefficient (Wildman–Crippen LogP) is 2.71. The van der Waals surface area contributed by atoms with Crippen LogP contribution in [0, 0.1) is 6.92 Å². The molecule has 3 aromatic rings. The summed E-state index contributed by atoms with van der Waals surface area (Å²) < 4.78 is 15.3. The highest BCUT2D eigenvalue weighted by atomic mass is 16.5. The summed E-state index contributed by atoms with van der Waals surface area (Å²) in [5.41, 5.74) is 1.55. The Bertz CT molecular complexity index is 1050. The van der Waals surface area contributed by atoms with Crippen molar-refractivity contribution in [3.05, 3.63) is 77.7 Å². The van der Waals surface area contributed by atoms with Gasteiger partial charge in [-0.25, -0.2) is 14.6 Å². The minimum absolute atomic E-state index is 0.0135. The maximum absolute atomic E-state index is 12.4. The van der Waals surface area contributed by atoms with Gasteiger partial charge < -0.3 is 19.2 Å². The maximum atomic E-state index is 12.4. The first-order valence-corrected chi connectivity index (χ1v) is 9.59. The van der Waals surface area contributed by atoms with Crippen molar-refractivity contribution >= 4 is 17.8 Å². The van der Waals surface area contributed by atoms with E-state index in [-0.39, 0.29) is 23.8 Å². The lowest BCUT2D eigenvalue weighted by atomic mass is 10.1. The number of hydrogen-bond donors (Lipinski definition) is 1. The van der Waals surface area contributed by atoms with Crippen molar-refractivity contribution in [3.63, 3.8) is 0 Å². The second kappa shape index (κ2) is 10.2. The van der Waals surface area contributed by atoms with E-state index in [4.69, 9.17) is 13.9 Å². The summed E-state index contributed by atoms with van der Waals surface area (Å²) in [5, 5.41) is 2.53. The summed E-state index contributed by atoms with van der Waals surface area (Å²) in [6, 6.07) is 17.4.